The summed E-state index contributed by atoms with van der Waals surface area (Å²) >= 11 is 0. The van der Waals surface area contributed by atoms with Gasteiger partial charge in [-0.05, 0) is 41.9 Å². The lowest BCUT2D eigenvalue weighted by molar-refractivity contribution is -0.143. The summed E-state index contributed by atoms with van der Waals surface area (Å²) in [4.78, 5) is 94.2. The molecule has 1 aromatic heterocycles. The van der Waals surface area contributed by atoms with Gasteiger partial charge in [-0.2, -0.15) is 0 Å². The number of aromatic nitrogens is 1. The molecule has 0 unspecified atom stereocenters. The summed E-state index contributed by atoms with van der Waals surface area (Å²) in [6.07, 6.45) is 0.927. The van der Waals surface area contributed by atoms with Gasteiger partial charge < -0.3 is 52.6 Å². The van der Waals surface area contributed by atoms with Crippen LogP contribution in [-0.4, -0.2) is 105 Å². The Morgan fingerprint density at radius 2 is 1.12 bits per heavy atom. The number of aliphatic hydroxyl groups excluding tert-OH is 1. The number of aromatic amines is 1. The van der Waals surface area contributed by atoms with E-state index in [4.69, 9.17) is 5.73 Å². The van der Waals surface area contributed by atoms with Crippen molar-refractivity contribution in [3.05, 3.63) is 71.9 Å². The lowest BCUT2D eigenvalue weighted by atomic mass is 10.0. The third-order valence-corrected chi connectivity index (χ3v) is 8.86. The molecule has 0 spiro atoms. The number of fused-ring (bicyclic) bond motifs is 1. The number of nitrogens with two attached hydrogens (primary N) is 1. The van der Waals surface area contributed by atoms with Crippen molar-refractivity contribution >= 4 is 52.4 Å². The molecule has 3 rings (SSSR count). The quantitative estimate of drug-likeness (QED) is 0.0664. The van der Waals surface area contributed by atoms with Crippen molar-refractivity contribution < 1.29 is 48.9 Å². The largest absolute Gasteiger partial charge is 0.481 e. The standard InChI is InChI=1S/C39H53N7O10/c1-21(2)14-26(40)34(50)42-30(18-33(48)49)37(53)44-29(17-24-19-41-27-13-9-8-12-25(24)27)36(52)46-32(20-47)38(54)43-28(16-23-10-6-5-7-11-23)35(51)45-31(39(55)56)15-22(3)4/h5-13,19,21-22,26,28-32,41,47H,14-18,20,40H2,1-4H3,(H,42,50)(H,43,54)(H,44,53)(H,45,51)(H,46,52)(H,48,49)(H,55,56)/t26-,28-,29-,30-,31-,32-/m0/s1. The molecule has 0 bridgehead atoms. The smallest absolute Gasteiger partial charge is 0.326 e. The molecule has 11 N–H and O–H groups in total. The molecule has 0 radical (unpaired) electrons. The second-order valence-corrected chi connectivity index (χ2v) is 14.5. The fourth-order valence-corrected chi connectivity index (χ4v) is 6.04. The lowest BCUT2D eigenvalue weighted by Crippen LogP contribution is -2.60. The van der Waals surface area contributed by atoms with Crippen molar-refractivity contribution in [3.63, 3.8) is 0 Å². The van der Waals surface area contributed by atoms with Gasteiger partial charge in [-0.25, -0.2) is 4.79 Å². The van der Waals surface area contributed by atoms with Crippen LogP contribution in [0.3, 0.4) is 0 Å². The van der Waals surface area contributed by atoms with Crippen LogP contribution in [0.4, 0.5) is 0 Å². The van der Waals surface area contributed by atoms with Crippen LogP contribution in [0.5, 0.6) is 0 Å². The van der Waals surface area contributed by atoms with Gasteiger partial charge in [0.25, 0.3) is 0 Å². The Kier molecular flexibility index (Phi) is 17.0. The van der Waals surface area contributed by atoms with E-state index in [2.05, 4.69) is 31.6 Å². The van der Waals surface area contributed by atoms with Gasteiger partial charge in [-0.15, -0.1) is 0 Å². The van der Waals surface area contributed by atoms with E-state index >= 15 is 0 Å². The second-order valence-electron chi connectivity index (χ2n) is 14.5. The van der Waals surface area contributed by atoms with Gasteiger partial charge in [-0.3, -0.25) is 28.8 Å². The van der Waals surface area contributed by atoms with Crippen molar-refractivity contribution in [2.75, 3.05) is 6.61 Å². The molecule has 0 fully saturated rings. The molecule has 2 aromatic carbocycles. The highest BCUT2D eigenvalue weighted by Crippen LogP contribution is 2.19. The predicted molar refractivity (Wildman–Crippen MR) is 206 cm³/mol. The number of aliphatic carboxylic acids is 2. The van der Waals surface area contributed by atoms with E-state index in [1.807, 2.05) is 13.8 Å². The highest BCUT2D eigenvalue weighted by molar-refractivity contribution is 5.97. The maximum Gasteiger partial charge on any atom is 0.326 e. The minimum Gasteiger partial charge on any atom is -0.481 e. The number of benzene rings is 2. The number of nitrogens with one attached hydrogen (secondary N) is 6. The Balaban J connectivity index is 1.89. The number of H-pyrrole nitrogens is 1. The number of carboxylic acid groups (broad SMARTS) is 2. The molecule has 56 heavy (non-hydrogen) atoms. The molecule has 5 amide bonds. The number of rotatable bonds is 22. The normalized spacial score (nSPS) is 14.5. The van der Waals surface area contributed by atoms with E-state index in [1.165, 1.54) is 0 Å². The van der Waals surface area contributed by atoms with Crippen LogP contribution < -0.4 is 32.3 Å². The van der Waals surface area contributed by atoms with E-state index in [9.17, 15) is 48.9 Å². The number of aliphatic hydroxyl groups is 1. The van der Waals surface area contributed by atoms with Crippen LogP contribution in [0.25, 0.3) is 10.9 Å². The predicted octanol–water partition coefficient (Wildman–Crippen LogP) is 0.348. The van der Waals surface area contributed by atoms with Gasteiger partial charge in [0.05, 0.1) is 19.1 Å². The van der Waals surface area contributed by atoms with Gasteiger partial charge in [0, 0.05) is 29.9 Å². The van der Waals surface area contributed by atoms with Gasteiger partial charge in [-0.1, -0.05) is 76.2 Å². The molecule has 6 atom stereocenters. The summed E-state index contributed by atoms with van der Waals surface area (Å²) in [5.41, 5.74) is 7.88. The lowest BCUT2D eigenvalue weighted by Gasteiger charge is -2.26. The highest BCUT2D eigenvalue weighted by Gasteiger charge is 2.34. The topological polar surface area (TPSA) is 282 Å². The summed E-state index contributed by atoms with van der Waals surface area (Å²) in [5.74, 6) is -7.25. The first-order chi connectivity index (χ1) is 26.5. The molecule has 0 aliphatic rings. The average molecular weight is 780 g/mol. The third kappa shape index (κ3) is 13.8. The minimum absolute atomic E-state index is 0.0259. The first-order valence-corrected chi connectivity index (χ1v) is 18.4. The number of para-hydroxylation sites is 1. The first-order valence-electron chi connectivity index (χ1n) is 18.4. The Labute approximate surface area is 324 Å². The van der Waals surface area contributed by atoms with E-state index in [0.717, 1.165) is 5.52 Å². The number of hydrogen-bond acceptors (Lipinski definition) is 9. The zero-order valence-corrected chi connectivity index (χ0v) is 31.9. The van der Waals surface area contributed by atoms with Crippen molar-refractivity contribution in [1.29, 1.82) is 0 Å². The fraction of sp³-hybridized carbons (Fsp3) is 0.462. The fourth-order valence-electron chi connectivity index (χ4n) is 6.04. The molecule has 0 saturated heterocycles. The van der Waals surface area contributed by atoms with Crippen molar-refractivity contribution in [2.24, 2.45) is 17.6 Å². The van der Waals surface area contributed by atoms with Crippen molar-refractivity contribution in [3.8, 4) is 0 Å². The summed E-state index contributed by atoms with van der Waals surface area (Å²) in [7, 11) is 0. The number of carboxylic acids is 2. The Bertz CT molecular complexity index is 1830. The van der Waals surface area contributed by atoms with Crippen LogP contribution >= 0.6 is 0 Å². The van der Waals surface area contributed by atoms with Gasteiger partial charge in [0.15, 0.2) is 0 Å². The molecular weight excluding hydrogens is 726 g/mol. The Morgan fingerprint density at radius 1 is 0.625 bits per heavy atom. The van der Waals surface area contributed by atoms with E-state index in [0.29, 0.717) is 16.5 Å². The second kappa shape index (κ2) is 21.3. The molecule has 3 aromatic rings. The zero-order valence-electron chi connectivity index (χ0n) is 31.9. The summed E-state index contributed by atoms with van der Waals surface area (Å²) in [6.45, 7) is 6.31. The average Bonchev–Trinajstić information content (AvgIpc) is 3.54. The van der Waals surface area contributed by atoms with Crippen LogP contribution in [0.1, 0.15) is 58.1 Å². The molecule has 304 valence electrons. The molecule has 0 saturated carbocycles. The maximum atomic E-state index is 13.9. The summed E-state index contributed by atoms with van der Waals surface area (Å²) in [5, 5.41) is 42.5. The van der Waals surface area contributed by atoms with Crippen LogP contribution in [0, 0.1) is 11.8 Å². The summed E-state index contributed by atoms with van der Waals surface area (Å²) < 4.78 is 0. The number of amides is 5. The van der Waals surface area contributed by atoms with Crippen molar-refractivity contribution in [2.45, 2.75) is 96.1 Å². The molecule has 1 heterocycles. The SMILES string of the molecule is CC(C)C[C@H](NC(=O)[C@H](Cc1ccccc1)NC(=O)[C@H](CO)NC(=O)[C@H](Cc1c[nH]c2ccccc12)NC(=O)[C@H](CC(=O)O)NC(=O)[C@@H](N)CC(C)C)C(=O)O. The Hall–Kier alpha value is -5.81. The Morgan fingerprint density at radius 3 is 1.70 bits per heavy atom. The number of hydrogen-bond donors (Lipinski definition) is 10. The molecule has 0 aliphatic carbocycles. The minimum atomic E-state index is -1.66. The summed E-state index contributed by atoms with van der Waals surface area (Å²) in [6, 6.07) is 7.35. The first kappa shape index (κ1) is 44.6. The monoisotopic (exact) mass is 779 g/mol. The van der Waals surface area contributed by atoms with Gasteiger partial charge >= 0.3 is 11.9 Å². The molecule has 17 nitrogen and oxygen atoms in total. The number of carbonyl (C=O) groups is 7. The van der Waals surface area contributed by atoms with Gasteiger partial charge in [0.1, 0.15) is 30.2 Å². The third-order valence-electron chi connectivity index (χ3n) is 8.86. The zero-order chi connectivity index (χ0) is 41.5. The van der Waals surface area contributed by atoms with Gasteiger partial charge in [0.2, 0.25) is 29.5 Å². The molecular formula is C39H53N7O10. The van der Waals surface area contributed by atoms with Crippen LogP contribution in [0.15, 0.2) is 60.8 Å². The van der Waals surface area contributed by atoms with E-state index < -0.39 is 90.8 Å². The highest BCUT2D eigenvalue weighted by atomic mass is 16.4. The molecule has 17 heteroatoms. The number of carbonyl (C=O) groups excluding carboxylic acids is 5. The van der Waals surface area contributed by atoms with E-state index in [-0.39, 0.29) is 37.5 Å². The van der Waals surface area contributed by atoms with Crippen molar-refractivity contribution in [1.82, 2.24) is 31.6 Å². The van der Waals surface area contributed by atoms with E-state index in [1.54, 1.807) is 74.6 Å². The molecule has 0 aliphatic heterocycles. The maximum absolute atomic E-state index is 13.9. The van der Waals surface area contributed by atoms with Crippen LogP contribution in [-0.2, 0) is 46.4 Å². The van der Waals surface area contributed by atoms with Crippen LogP contribution in [0.2, 0.25) is 0 Å².